The van der Waals surface area contributed by atoms with Gasteiger partial charge in [0.1, 0.15) is 5.82 Å². The molecule has 0 unspecified atom stereocenters. The lowest BCUT2D eigenvalue weighted by atomic mass is 10.1. The van der Waals surface area contributed by atoms with Crippen LogP contribution >= 0.6 is 11.6 Å². The van der Waals surface area contributed by atoms with Crippen molar-refractivity contribution in [3.05, 3.63) is 34.1 Å². The molecule has 94 valence electrons. The summed E-state index contributed by atoms with van der Waals surface area (Å²) in [4.78, 5) is 13.3. The van der Waals surface area contributed by atoms with Gasteiger partial charge in [0, 0.05) is 20.2 Å². The molecule has 0 fully saturated rings. The molecule has 0 radical (unpaired) electrons. The molecule has 0 spiro atoms. The van der Waals surface area contributed by atoms with Gasteiger partial charge in [0.25, 0.3) is 5.91 Å². The van der Waals surface area contributed by atoms with Crippen molar-refractivity contribution in [2.45, 2.75) is 13.3 Å². The summed E-state index contributed by atoms with van der Waals surface area (Å²) in [5, 5.41) is 8.92. The minimum absolute atomic E-state index is 0.00755. The van der Waals surface area contributed by atoms with Gasteiger partial charge >= 0.3 is 0 Å². The lowest BCUT2D eigenvalue weighted by Gasteiger charge is -2.17. The van der Waals surface area contributed by atoms with Crippen LogP contribution in [0.4, 0.5) is 4.39 Å². The normalized spacial score (nSPS) is 10.4. The fourth-order valence-electron chi connectivity index (χ4n) is 1.43. The maximum atomic E-state index is 13.4. The average molecular weight is 260 g/mol. The molecule has 3 nitrogen and oxygen atoms in total. The molecule has 0 bridgehead atoms. The Morgan fingerprint density at radius 3 is 2.76 bits per heavy atom. The van der Waals surface area contributed by atoms with E-state index in [1.807, 2.05) is 0 Å². The number of amides is 1. The van der Waals surface area contributed by atoms with Gasteiger partial charge in [-0.2, -0.15) is 0 Å². The fraction of sp³-hybridized carbons (Fsp3) is 0.417. The lowest BCUT2D eigenvalue weighted by Crippen LogP contribution is -2.28. The molecule has 0 aliphatic carbocycles. The number of rotatable bonds is 4. The summed E-state index contributed by atoms with van der Waals surface area (Å²) in [5.41, 5.74) is 0.555. The highest BCUT2D eigenvalue weighted by molar-refractivity contribution is 6.33. The fourth-order valence-corrected chi connectivity index (χ4v) is 1.72. The van der Waals surface area contributed by atoms with Crippen molar-refractivity contribution in [2.75, 3.05) is 20.2 Å². The molecule has 0 aliphatic rings. The molecule has 1 aromatic carbocycles. The van der Waals surface area contributed by atoms with Crippen LogP contribution in [0.15, 0.2) is 12.1 Å². The molecule has 0 saturated carbocycles. The van der Waals surface area contributed by atoms with Crippen molar-refractivity contribution >= 4 is 17.5 Å². The zero-order chi connectivity index (χ0) is 13.0. The van der Waals surface area contributed by atoms with Crippen molar-refractivity contribution in [3.63, 3.8) is 0 Å². The zero-order valence-electron chi connectivity index (χ0n) is 9.83. The predicted octanol–water partition coefficient (Wildman–Crippen LogP) is 2.24. The Labute approximate surface area is 105 Å². The summed E-state index contributed by atoms with van der Waals surface area (Å²) < 4.78 is 13.4. The number of halogens is 2. The second kappa shape index (κ2) is 5.98. The van der Waals surface area contributed by atoms with Gasteiger partial charge in [-0.15, -0.1) is 0 Å². The van der Waals surface area contributed by atoms with E-state index in [9.17, 15) is 9.18 Å². The van der Waals surface area contributed by atoms with Gasteiger partial charge < -0.3 is 10.0 Å². The number of aryl methyl sites for hydroxylation is 1. The van der Waals surface area contributed by atoms with Crippen LogP contribution in [0, 0.1) is 12.7 Å². The molecule has 0 aromatic heterocycles. The number of aliphatic hydroxyl groups excluding tert-OH is 1. The highest BCUT2D eigenvalue weighted by atomic mass is 35.5. The Morgan fingerprint density at radius 1 is 1.53 bits per heavy atom. The molecule has 0 heterocycles. The van der Waals surface area contributed by atoms with Gasteiger partial charge in [0.05, 0.1) is 10.6 Å². The monoisotopic (exact) mass is 259 g/mol. The highest BCUT2D eigenvalue weighted by Crippen LogP contribution is 2.21. The van der Waals surface area contributed by atoms with Crippen LogP contribution < -0.4 is 0 Å². The van der Waals surface area contributed by atoms with E-state index >= 15 is 0 Å². The summed E-state index contributed by atoms with van der Waals surface area (Å²) in [6.07, 6.45) is 0.480. The van der Waals surface area contributed by atoms with Gasteiger partial charge in [-0.1, -0.05) is 11.6 Å². The van der Waals surface area contributed by atoms with Crippen molar-refractivity contribution in [1.82, 2.24) is 4.90 Å². The van der Waals surface area contributed by atoms with E-state index in [0.29, 0.717) is 18.5 Å². The molecular weight excluding hydrogens is 245 g/mol. The molecular formula is C12H15ClFNO2. The Balaban J connectivity index is 2.92. The number of benzene rings is 1. The van der Waals surface area contributed by atoms with E-state index < -0.39 is 5.82 Å². The Bertz CT molecular complexity index is 423. The van der Waals surface area contributed by atoms with Crippen molar-refractivity contribution in [3.8, 4) is 0 Å². The number of nitrogens with zero attached hydrogens (tertiary/aromatic N) is 1. The van der Waals surface area contributed by atoms with Gasteiger partial charge in [0.2, 0.25) is 0 Å². The molecule has 1 N–H and O–H groups in total. The van der Waals surface area contributed by atoms with Gasteiger partial charge in [-0.05, 0) is 31.0 Å². The second-order valence-electron chi connectivity index (χ2n) is 3.89. The maximum absolute atomic E-state index is 13.4. The zero-order valence-corrected chi connectivity index (χ0v) is 10.6. The Hall–Kier alpha value is -1.13. The van der Waals surface area contributed by atoms with E-state index in [-0.39, 0.29) is 23.1 Å². The van der Waals surface area contributed by atoms with E-state index in [1.165, 1.54) is 11.0 Å². The summed E-state index contributed by atoms with van der Waals surface area (Å²) in [6, 6.07) is 2.58. The molecule has 1 amide bonds. The highest BCUT2D eigenvalue weighted by Gasteiger charge is 2.16. The van der Waals surface area contributed by atoms with Crippen LogP contribution in [0.5, 0.6) is 0 Å². The number of carbonyl (C=O) groups is 1. The molecule has 1 aromatic rings. The van der Waals surface area contributed by atoms with Crippen molar-refractivity contribution in [2.24, 2.45) is 0 Å². The minimum atomic E-state index is -0.451. The first kappa shape index (κ1) is 13.9. The first-order chi connectivity index (χ1) is 7.97. The first-order valence-corrected chi connectivity index (χ1v) is 5.67. The third-order valence-electron chi connectivity index (χ3n) is 2.48. The van der Waals surface area contributed by atoms with Gasteiger partial charge in [-0.3, -0.25) is 4.79 Å². The van der Waals surface area contributed by atoms with Crippen LogP contribution in [-0.2, 0) is 0 Å². The van der Waals surface area contributed by atoms with Crippen LogP contribution in [0.3, 0.4) is 0 Å². The third-order valence-corrected chi connectivity index (χ3v) is 2.79. The van der Waals surface area contributed by atoms with Gasteiger partial charge in [0.15, 0.2) is 0 Å². The second-order valence-corrected chi connectivity index (χ2v) is 4.29. The molecule has 5 heteroatoms. The number of aliphatic hydroxyl groups is 1. The molecule has 0 atom stereocenters. The van der Waals surface area contributed by atoms with E-state index in [2.05, 4.69) is 0 Å². The summed E-state index contributed by atoms with van der Waals surface area (Å²) in [5.74, 6) is -0.796. The summed E-state index contributed by atoms with van der Waals surface area (Å²) in [6.45, 7) is 2.00. The third kappa shape index (κ3) is 3.41. The molecule has 1 rings (SSSR count). The molecule has 0 saturated heterocycles. The van der Waals surface area contributed by atoms with Crippen LogP contribution in [-0.4, -0.2) is 36.1 Å². The van der Waals surface area contributed by atoms with Gasteiger partial charge in [-0.25, -0.2) is 4.39 Å². The Morgan fingerprint density at radius 2 is 2.18 bits per heavy atom. The Kier molecular flexibility index (Phi) is 4.90. The smallest absolute Gasteiger partial charge is 0.255 e. The van der Waals surface area contributed by atoms with Crippen LogP contribution in [0.25, 0.3) is 0 Å². The summed E-state index contributed by atoms with van der Waals surface area (Å²) in [7, 11) is 1.59. The average Bonchev–Trinajstić information content (AvgIpc) is 2.29. The van der Waals surface area contributed by atoms with E-state index in [1.54, 1.807) is 14.0 Å². The maximum Gasteiger partial charge on any atom is 0.255 e. The molecule has 0 aliphatic heterocycles. The van der Waals surface area contributed by atoms with E-state index in [4.69, 9.17) is 16.7 Å². The topological polar surface area (TPSA) is 40.5 Å². The van der Waals surface area contributed by atoms with E-state index in [0.717, 1.165) is 6.07 Å². The molecule has 17 heavy (non-hydrogen) atoms. The quantitative estimate of drug-likeness (QED) is 0.901. The lowest BCUT2D eigenvalue weighted by molar-refractivity contribution is 0.0786. The minimum Gasteiger partial charge on any atom is -0.396 e. The van der Waals surface area contributed by atoms with Crippen molar-refractivity contribution < 1.29 is 14.3 Å². The summed E-state index contributed by atoms with van der Waals surface area (Å²) >= 11 is 5.91. The largest absolute Gasteiger partial charge is 0.396 e. The number of hydrogen-bond acceptors (Lipinski definition) is 2. The van der Waals surface area contributed by atoms with Crippen LogP contribution in [0.2, 0.25) is 5.02 Å². The van der Waals surface area contributed by atoms with Crippen molar-refractivity contribution in [1.29, 1.82) is 0 Å². The standard InChI is InChI=1S/C12H15ClFNO2/c1-8-6-10(13)9(7-11(8)14)12(17)15(2)4-3-5-16/h6-7,16H,3-5H2,1-2H3. The van der Waals surface area contributed by atoms with Crippen LogP contribution in [0.1, 0.15) is 22.3 Å². The number of hydrogen-bond donors (Lipinski definition) is 1. The SMILES string of the molecule is Cc1cc(Cl)c(C(=O)N(C)CCCO)cc1F. The number of carbonyl (C=O) groups excluding carboxylic acids is 1. The predicted molar refractivity (Wildman–Crippen MR) is 64.8 cm³/mol. The first-order valence-electron chi connectivity index (χ1n) is 5.29.